The molecule has 1 fully saturated rings. The zero-order chi connectivity index (χ0) is 23.8. The van der Waals surface area contributed by atoms with E-state index < -0.39 is 11.4 Å². The van der Waals surface area contributed by atoms with Crippen molar-refractivity contribution in [1.82, 2.24) is 9.97 Å². The molecule has 4 rings (SSSR count). The van der Waals surface area contributed by atoms with Gasteiger partial charge in [0.1, 0.15) is 5.60 Å². The molecule has 0 bridgehead atoms. The van der Waals surface area contributed by atoms with Crippen molar-refractivity contribution in [2.45, 2.75) is 58.7 Å². The fourth-order valence-corrected chi connectivity index (χ4v) is 4.24. The smallest absolute Gasteiger partial charge is 0.309 e. The van der Waals surface area contributed by atoms with Crippen LogP contribution in [0.3, 0.4) is 0 Å². The number of nitrogens with zero attached hydrogens (tertiary/aromatic N) is 2. The van der Waals surface area contributed by atoms with Gasteiger partial charge in [0, 0.05) is 35.0 Å². The van der Waals surface area contributed by atoms with Gasteiger partial charge >= 0.3 is 5.97 Å². The summed E-state index contributed by atoms with van der Waals surface area (Å²) in [5, 5.41) is 0.766. The number of halogens is 1. The molecule has 6 nitrogen and oxygen atoms in total. The highest BCUT2D eigenvalue weighted by Crippen LogP contribution is 2.36. The summed E-state index contributed by atoms with van der Waals surface area (Å²) in [5.41, 5.74) is 2.66. The van der Waals surface area contributed by atoms with E-state index in [1.54, 1.807) is 25.6 Å². The summed E-state index contributed by atoms with van der Waals surface area (Å²) in [7, 11) is 1.58. The molecule has 0 amide bonds. The molecular weight excluding hydrogens is 423 g/mol. The maximum atomic E-state index is 14.9. The molecule has 1 aromatic carbocycles. The second-order valence-corrected chi connectivity index (χ2v) is 9.49. The van der Waals surface area contributed by atoms with Crippen LogP contribution < -0.4 is 9.47 Å². The van der Waals surface area contributed by atoms with Crippen molar-refractivity contribution in [3.8, 4) is 22.8 Å². The Bertz CT molecular complexity index is 1190. The first kappa shape index (κ1) is 23.0. The summed E-state index contributed by atoms with van der Waals surface area (Å²) >= 11 is 0. The molecule has 0 radical (unpaired) electrons. The third-order valence-electron chi connectivity index (χ3n) is 5.75. The zero-order valence-corrected chi connectivity index (χ0v) is 19.6. The van der Waals surface area contributed by atoms with Crippen molar-refractivity contribution >= 4 is 16.9 Å². The Morgan fingerprint density at radius 1 is 1.15 bits per heavy atom. The topological polar surface area (TPSA) is 70.5 Å². The van der Waals surface area contributed by atoms with Gasteiger partial charge in [-0.2, -0.15) is 0 Å². The van der Waals surface area contributed by atoms with Crippen molar-refractivity contribution in [2.75, 3.05) is 7.11 Å². The second-order valence-electron chi connectivity index (χ2n) is 9.49. The Morgan fingerprint density at radius 3 is 2.64 bits per heavy atom. The van der Waals surface area contributed by atoms with Crippen LogP contribution in [0.2, 0.25) is 0 Å². The lowest BCUT2D eigenvalue weighted by molar-refractivity contribution is -0.159. The first-order valence-electron chi connectivity index (χ1n) is 11.1. The van der Waals surface area contributed by atoms with Gasteiger partial charge in [-0.1, -0.05) is 0 Å². The minimum atomic E-state index is -0.529. The molecule has 1 unspecified atom stereocenters. The number of aryl methyl sites for hydroxylation is 1. The van der Waals surface area contributed by atoms with Gasteiger partial charge < -0.3 is 14.2 Å². The van der Waals surface area contributed by atoms with E-state index >= 15 is 0 Å². The van der Waals surface area contributed by atoms with Crippen molar-refractivity contribution in [2.24, 2.45) is 5.92 Å². The number of hydrogen-bond donors (Lipinski definition) is 0. The van der Waals surface area contributed by atoms with Gasteiger partial charge in [0.15, 0.2) is 11.6 Å². The molecular formula is C26H29FN2O4. The van der Waals surface area contributed by atoms with Crippen LogP contribution in [0.15, 0.2) is 36.7 Å². The Kier molecular flexibility index (Phi) is 6.23. The lowest BCUT2D eigenvalue weighted by Crippen LogP contribution is -2.28. The minimum Gasteiger partial charge on any atom is -0.487 e. The lowest BCUT2D eigenvalue weighted by Gasteiger charge is -2.22. The van der Waals surface area contributed by atoms with E-state index in [2.05, 4.69) is 9.97 Å². The third kappa shape index (κ3) is 5.07. The predicted molar refractivity (Wildman–Crippen MR) is 124 cm³/mol. The van der Waals surface area contributed by atoms with Crippen LogP contribution in [0.4, 0.5) is 4.39 Å². The standard InChI is InChI=1S/C26H29FN2O4/c1-15-10-17(14-29-24(15)31-5)19-8-9-28-22-13-21(27)23(12-20(19)22)32-18-7-6-16(11-18)25(30)33-26(2,3)4/h8-10,12-14,16,18H,6-7,11H2,1-5H3/t16?,18-/m0/s1. The Hall–Kier alpha value is -3.22. The van der Waals surface area contributed by atoms with Gasteiger partial charge in [-0.3, -0.25) is 9.78 Å². The SMILES string of the molecule is COc1ncc(-c2ccnc3cc(F)c(O[C@H]4CCC(C(=O)OC(C)(C)C)C4)cc23)cc1C. The summed E-state index contributed by atoms with van der Waals surface area (Å²) in [4.78, 5) is 21.1. The number of methoxy groups -OCH3 is 1. The van der Waals surface area contributed by atoms with Crippen LogP contribution in [0.1, 0.15) is 45.6 Å². The minimum absolute atomic E-state index is 0.157. The first-order valence-corrected chi connectivity index (χ1v) is 11.1. The molecule has 1 saturated carbocycles. The normalized spacial score (nSPS) is 18.4. The van der Waals surface area contributed by atoms with Gasteiger partial charge in [-0.15, -0.1) is 0 Å². The average Bonchev–Trinajstić information content (AvgIpc) is 3.21. The molecule has 1 aliphatic rings. The largest absolute Gasteiger partial charge is 0.487 e. The van der Waals surface area contributed by atoms with Crippen molar-refractivity contribution in [3.05, 3.63) is 48.0 Å². The van der Waals surface area contributed by atoms with Gasteiger partial charge in [0.25, 0.3) is 0 Å². The van der Waals surface area contributed by atoms with E-state index in [4.69, 9.17) is 14.2 Å². The number of ether oxygens (including phenoxy) is 3. The number of rotatable bonds is 5. The van der Waals surface area contributed by atoms with E-state index in [-0.39, 0.29) is 23.7 Å². The summed E-state index contributed by atoms with van der Waals surface area (Å²) in [5.74, 6) is -0.209. The molecule has 174 valence electrons. The van der Waals surface area contributed by atoms with E-state index in [1.165, 1.54) is 6.07 Å². The maximum absolute atomic E-state index is 14.9. The molecule has 3 aromatic rings. The van der Waals surface area contributed by atoms with Crippen LogP contribution >= 0.6 is 0 Å². The number of aromatic nitrogens is 2. The molecule has 0 aliphatic heterocycles. The second kappa shape index (κ2) is 8.96. The highest BCUT2D eigenvalue weighted by atomic mass is 19.1. The number of carbonyl (C=O) groups is 1. The van der Waals surface area contributed by atoms with E-state index in [1.807, 2.05) is 39.8 Å². The van der Waals surface area contributed by atoms with E-state index in [0.29, 0.717) is 30.7 Å². The van der Waals surface area contributed by atoms with Gasteiger partial charge in [-0.25, -0.2) is 9.37 Å². The zero-order valence-electron chi connectivity index (χ0n) is 19.6. The van der Waals surface area contributed by atoms with Crippen LogP contribution in [0, 0.1) is 18.7 Å². The number of hydrogen-bond acceptors (Lipinski definition) is 6. The fraction of sp³-hybridized carbons (Fsp3) is 0.423. The van der Waals surface area contributed by atoms with E-state index in [0.717, 1.165) is 22.1 Å². The predicted octanol–water partition coefficient (Wildman–Crippen LogP) is 5.64. The molecule has 2 atom stereocenters. The van der Waals surface area contributed by atoms with Crippen LogP contribution in [0.5, 0.6) is 11.6 Å². The highest BCUT2D eigenvalue weighted by Gasteiger charge is 2.34. The van der Waals surface area contributed by atoms with Crippen LogP contribution in [0.25, 0.3) is 22.0 Å². The summed E-state index contributed by atoms with van der Waals surface area (Å²) < 4.78 is 31.7. The van der Waals surface area contributed by atoms with Crippen molar-refractivity contribution in [3.63, 3.8) is 0 Å². The van der Waals surface area contributed by atoms with Crippen molar-refractivity contribution < 1.29 is 23.4 Å². The molecule has 7 heteroatoms. The van der Waals surface area contributed by atoms with Gasteiger partial charge in [-0.05, 0) is 70.7 Å². The molecule has 2 heterocycles. The number of pyridine rings is 2. The lowest BCUT2D eigenvalue weighted by atomic mass is 10.0. The highest BCUT2D eigenvalue weighted by molar-refractivity contribution is 5.95. The monoisotopic (exact) mass is 452 g/mol. The molecule has 0 N–H and O–H groups in total. The Labute approximate surface area is 193 Å². The van der Waals surface area contributed by atoms with Crippen molar-refractivity contribution in [1.29, 1.82) is 0 Å². The average molecular weight is 453 g/mol. The van der Waals surface area contributed by atoms with Gasteiger partial charge in [0.05, 0.1) is 24.6 Å². The first-order chi connectivity index (χ1) is 15.6. The number of carbonyl (C=O) groups excluding carboxylic acids is 1. The van der Waals surface area contributed by atoms with E-state index in [9.17, 15) is 9.18 Å². The Balaban J connectivity index is 1.60. The Morgan fingerprint density at radius 2 is 1.94 bits per heavy atom. The number of fused-ring (bicyclic) bond motifs is 1. The molecule has 0 spiro atoms. The maximum Gasteiger partial charge on any atom is 0.309 e. The quantitative estimate of drug-likeness (QED) is 0.467. The van der Waals surface area contributed by atoms with Crippen LogP contribution in [-0.2, 0) is 9.53 Å². The number of esters is 1. The number of benzene rings is 1. The van der Waals surface area contributed by atoms with Crippen LogP contribution in [-0.4, -0.2) is 34.8 Å². The molecule has 33 heavy (non-hydrogen) atoms. The third-order valence-corrected chi connectivity index (χ3v) is 5.75. The molecule has 2 aromatic heterocycles. The molecule has 1 aliphatic carbocycles. The summed E-state index contributed by atoms with van der Waals surface area (Å²) in [6, 6.07) is 6.93. The fourth-order valence-electron chi connectivity index (χ4n) is 4.24. The summed E-state index contributed by atoms with van der Waals surface area (Å²) in [6.45, 7) is 7.48. The van der Waals surface area contributed by atoms with Gasteiger partial charge in [0.2, 0.25) is 5.88 Å². The molecule has 0 saturated heterocycles. The summed E-state index contributed by atoms with van der Waals surface area (Å²) in [6.07, 6.45) is 4.97.